The fourth-order valence-corrected chi connectivity index (χ4v) is 2.72. The molecule has 1 N–H and O–H groups in total. The van der Waals surface area contributed by atoms with Crippen LogP contribution in [0.3, 0.4) is 0 Å². The highest BCUT2D eigenvalue weighted by atomic mass is 16.5. The van der Waals surface area contributed by atoms with Crippen LogP contribution in [-0.2, 0) is 4.79 Å². The molecule has 0 aliphatic rings. The van der Waals surface area contributed by atoms with Crippen LogP contribution in [0.1, 0.15) is 5.56 Å². The first-order valence-electron chi connectivity index (χ1n) is 8.83. The van der Waals surface area contributed by atoms with Crippen molar-refractivity contribution < 1.29 is 18.4 Å². The molecule has 2 aromatic heterocycles. The Labute approximate surface area is 166 Å². The van der Waals surface area contributed by atoms with Gasteiger partial charge in [0.15, 0.2) is 5.76 Å². The highest BCUT2D eigenvalue weighted by molar-refractivity contribution is 6.02. The topological polar surface area (TPSA) is 90.4 Å². The number of furan rings is 1. The standard InChI is InChI=1S/C22H17N3O4/c1-27-18-9-3-2-6-15(18)11-12-20(26)23-17-8-4-7-16(14-17)21-24-25-22(29-21)19-10-5-13-28-19/h2-14H,1H3,(H,23,26). The molecule has 2 aromatic carbocycles. The molecule has 0 fully saturated rings. The van der Waals surface area contributed by atoms with Crippen LogP contribution in [0.4, 0.5) is 5.69 Å². The number of amides is 1. The highest BCUT2D eigenvalue weighted by Crippen LogP contribution is 2.26. The van der Waals surface area contributed by atoms with Gasteiger partial charge in [-0.05, 0) is 42.5 Å². The maximum absolute atomic E-state index is 12.3. The van der Waals surface area contributed by atoms with Gasteiger partial charge >= 0.3 is 0 Å². The number of rotatable bonds is 6. The first-order chi connectivity index (χ1) is 14.2. The van der Waals surface area contributed by atoms with Crippen LogP contribution >= 0.6 is 0 Å². The molecule has 7 heteroatoms. The Morgan fingerprint density at radius 2 is 1.90 bits per heavy atom. The number of nitrogens with zero attached hydrogens (tertiary/aromatic N) is 2. The molecule has 0 aliphatic heterocycles. The van der Waals surface area contributed by atoms with E-state index >= 15 is 0 Å². The molecule has 0 spiro atoms. The summed E-state index contributed by atoms with van der Waals surface area (Å²) in [7, 11) is 1.59. The van der Waals surface area contributed by atoms with Crippen LogP contribution in [0.5, 0.6) is 5.75 Å². The largest absolute Gasteiger partial charge is 0.496 e. The van der Waals surface area contributed by atoms with E-state index in [1.807, 2.05) is 30.3 Å². The van der Waals surface area contributed by atoms with Crippen molar-refractivity contribution in [2.45, 2.75) is 0 Å². The summed E-state index contributed by atoms with van der Waals surface area (Å²) in [6.45, 7) is 0. The van der Waals surface area contributed by atoms with Crippen LogP contribution in [0.15, 0.2) is 81.8 Å². The average molecular weight is 387 g/mol. The third-order valence-electron chi connectivity index (χ3n) is 4.09. The predicted molar refractivity (Wildman–Crippen MR) is 108 cm³/mol. The number of hydrogen-bond donors (Lipinski definition) is 1. The number of carbonyl (C=O) groups is 1. The van der Waals surface area contributed by atoms with Gasteiger partial charge < -0.3 is 18.9 Å². The van der Waals surface area contributed by atoms with Gasteiger partial charge in [0.1, 0.15) is 5.75 Å². The Morgan fingerprint density at radius 1 is 1.03 bits per heavy atom. The van der Waals surface area contributed by atoms with Gasteiger partial charge in [-0.25, -0.2) is 0 Å². The molecule has 0 radical (unpaired) electrons. The van der Waals surface area contributed by atoms with Gasteiger partial charge in [-0.15, -0.1) is 10.2 Å². The zero-order chi connectivity index (χ0) is 20.1. The summed E-state index contributed by atoms with van der Waals surface area (Å²) in [6, 6.07) is 18.1. The van der Waals surface area contributed by atoms with Crippen LogP contribution in [0.25, 0.3) is 29.2 Å². The zero-order valence-electron chi connectivity index (χ0n) is 15.5. The maximum atomic E-state index is 12.3. The number of para-hydroxylation sites is 1. The van der Waals surface area contributed by atoms with E-state index < -0.39 is 0 Å². The van der Waals surface area contributed by atoms with E-state index in [2.05, 4.69) is 15.5 Å². The summed E-state index contributed by atoms with van der Waals surface area (Å²) >= 11 is 0. The number of methoxy groups -OCH3 is 1. The van der Waals surface area contributed by atoms with E-state index in [-0.39, 0.29) is 5.91 Å². The van der Waals surface area contributed by atoms with E-state index in [1.54, 1.807) is 43.5 Å². The van der Waals surface area contributed by atoms with Crippen molar-refractivity contribution in [1.29, 1.82) is 0 Å². The van der Waals surface area contributed by atoms with Crippen molar-refractivity contribution in [2.24, 2.45) is 0 Å². The van der Waals surface area contributed by atoms with Gasteiger partial charge in [0.05, 0.1) is 13.4 Å². The predicted octanol–water partition coefficient (Wildman–Crippen LogP) is 4.66. The monoisotopic (exact) mass is 387 g/mol. The second-order valence-corrected chi connectivity index (χ2v) is 6.04. The highest BCUT2D eigenvalue weighted by Gasteiger charge is 2.13. The first-order valence-corrected chi connectivity index (χ1v) is 8.83. The third-order valence-corrected chi connectivity index (χ3v) is 4.09. The van der Waals surface area contributed by atoms with Gasteiger partial charge in [0.2, 0.25) is 11.8 Å². The number of nitrogens with one attached hydrogen (secondary N) is 1. The van der Waals surface area contributed by atoms with E-state index in [0.717, 1.165) is 5.56 Å². The summed E-state index contributed by atoms with van der Waals surface area (Å²) in [4.78, 5) is 12.3. The molecule has 4 aromatic rings. The Morgan fingerprint density at radius 3 is 2.72 bits per heavy atom. The Hall–Kier alpha value is -4.13. The van der Waals surface area contributed by atoms with Gasteiger partial charge in [0.25, 0.3) is 5.89 Å². The third kappa shape index (κ3) is 4.24. The molecular weight excluding hydrogens is 370 g/mol. The molecular formula is C22H17N3O4. The van der Waals surface area contributed by atoms with Gasteiger partial charge in [0, 0.05) is 22.9 Å². The summed E-state index contributed by atoms with van der Waals surface area (Å²) < 4.78 is 16.2. The molecule has 0 saturated heterocycles. The van der Waals surface area contributed by atoms with Crippen molar-refractivity contribution in [3.63, 3.8) is 0 Å². The van der Waals surface area contributed by atoms with Gasteiger partial charge in [-0.1, -0.05) is 24.3 Å². The second-order valence-electron chi connectivity index (χ2n) is 6.04. The Balaban J connectivity index is 1.48. The Bertz CT molecular complexity index is 1150. The smallest absolute Gasteiger partial charge is 0.283 e. The molecule has 29 heavy (non-hydrogen) atoms. The molecule has 4 rings (SSSR count). The van der Waals surface area contributed by atoms with Crippen molar-refractivity contribution in [3.8, 4) is 28.9 Å². The molecule has 0 atom stereocenters. The van der Waals surface area contributed by atoms with Crippen molar-refractivity contribution in [1.82, 2.24) is 10.2 Å². The van der Waals surface area contributed by atoms with E-state index in [9.17, 15) is 4.79 Å². The molecule has 0 bridgehead atoms. The maximum Gasteiger partial charge on any atom is 0.283 e. The van der Waals surface area contributed by atoms with E-state index in [1.165, 1.54) is 12.3 Å². The number of anilines is 1. The fourth-order valence-electron chi connectivity index (χ4n) is 2.72. The normalized spacial score (nSPS) is 10.9. The first kappa shape index (κ1) is 18.2. The lowest BCUT2D eigenvalue weighted by molar-refractivity contribution is -0.111. The molecule has 0 saturated carbocycles. The summed E-state index contributed by atoms with van der Waals surface area (Å²) in [5.41, 5.74) is 2.10. The lowest BCUT2D eigenvalue weighted by atomic mass is 10.2. The van der Waals surface area contributed by atoms with Crippen molar-refractivity contribution >= 4 is 17.7 Å². The average Bonchev–Trinajstić information content (AvgIpc) is 3.44. The number of benzene rings is 2. The number of carbonyl (C=O) groups excluding carboxylic acids is 1. The fraction of sp³-hybridized carbons (Fsp3) is 0.0455. The van der Waals surface area contributed by atoms with E-state index in [0.29, 0.717) is 34.5 Å². The van der Waals surface area contributed by atoms with Crippen LogP contribution in [-0.4, -0.2) is 23.2 Å². The quantitative estimate of drug-likeness (QED) is 0.484. The molecule has 0 aliphatic carbocycles. The number of hydrogen-bond acceptors (Lipinski definition) is 6. The van der Waals surface area contributed by atoms with Crippen LogP contribution in [0, 0.1) is 0 Å². The van der Waals surface area contributed by atoms with Crippen molar-refractivity contribution in [2.75, 3.05) is 12.4 Å². The molecule has 144 valence electrons. The SMILES string of the molecule is COc1ccccc1C=CC(=O)Nc1cccc(-c2nnc(-c3ccco3)o2)c1. The molecule has 0 unspecified atom stereocenters. The molecule has 7 nitrogen and oxygen atoms in total. The minimum absolute atomic E-state index is 0.269. The lowest BCUT2D eigenvalue weighted by Gasteiger charge is -2.05. The summed E-state index contributed by atoms with van der Waals surface area (Å²) in [6.07, 6.45) is 4.69. The van der Waals surface area contributed by atoms with Gasteiger partial charge in [-0.3, -0.25) is 4.79 Å². The summed E-state index contributed by atoms with van der Waals surface area (Å²) in [5, 5.41) is 10.8. The van der Waals surface area contributed by atoms with E-state index in [4.69, 9.17) is 13.6 Å². The number of aromatic nitrogens is 2. The summed E-state index contributed by atoms with van der Waals surface area (Å²) in [5.74, 6) is 1.54. The van der Waals surface area contributed by atoms with Gasteiger partial charge in [-0.2, -0.15) is 0 Å². The van der Waals surface area contributed by atoms with Crippen LogP contribution < -0.4 is 10.1 Å². The number of ether oxygens (including phenoxy) is 1. The molecule has 2 heterocycles. The minimum Gasteiger partial charge on any atom is -0.496 e. The molecule has 1 amide bonds. The van der Waals surface area contributed by atoms with Crippen LogP contribution in [0.2, 0.25) is 0 Å². The minimum atomic E-state index is -0.269. The Kier molecular flexibility index (Phi) is 5.20. The second kappa shape index (κ2) is 8.26. The van der Waals surface area contributed by atoms with Crippen molar-refractivity contribution in [3.05, 3.63) is 78.6 Å². The lowest BCUT2D eigenvalue weighted by Crippen LogP contribution is -2.07. The zero-order valence-corrected chi connectivity index (χ0v) is 15.5.